The molecule has 46 heavy (non-hydrogen) atoms. The van der Waals surface area contributed by atoms with Gasteiger partial charge in [0.15, 0.2) is 11.5 Å². The fourth-order valence-corrected chi connectivity index (χ4v) is 7.64. The van der Waals surface area contributed by atoms with Gasteiger partial charge in [0.05, 0.1) is 31.9 Å². The van der Waals surface area contributed by atoms with Gasteiger partial charge in [-0.25, -0.2) is 9.59 Å². The first kappa shape index (κ1) is 33.2. The summed E-state index contributed by atoms with van der Waals surface area (Å²) in [7, 11) is 4.55. The summed E-state index contributed by atoms with van der Waals surface area (Å²) in [6.45, 7) is 0.626. The van der Waals surface area contributed by atoms with Gasteiger partial charge >= 0.3 is 12.0 Å². The lowest BCUT2D eigenvalue weighted by Gasteiger charge is -2.19. The first-order valence-electron chi connectivity index (χ1n) is 15.7. The zero-order valence-corrected chi connectivity index (χ0v) is 27.3. The number of amides is 4. The van der Waals surface area contributed by atoms with Crippen molar-refractivity contribution in [2.75, 3.05) is 45.3 Å². The van der Waals surface area contributed by atoms with Crippen LogP contribution in [0.2, 0.25) is 0 Å². The molecule has 4 amide bonds. The van der Waals surface area contributed by atoms with E-state index in [1.165, 1.54) is 14.2 Å². The summed E-state index contributed by atoms with van der Waals surface area (Å²) in [4.78, 5) is 50.9. The number of anilines is 1. The molecule has 0 radical (unpaired) electrons. The van der Waals surface area contributed by atoms with E-state index in [0.717, 1.165) is 50.0 Å². The molecule has 13 heteroatoms. The average molecular weight is 655 g/mol. The van der Waals surface area contributed by atoms with Crippen molar-refractivity contribution in [1.82, 2.24) is 16.0 Å². The zero-order chi connectivity index (χ0) is 32.6. The van der Waals surface area contributed by atoms with E-state index in [9.17, 15) is 19.2 Å². The van der Waals surface area contributed by atoms with Crippen molar-refractivity contribution in [2.24, 2.45) is 0 Å². The summed E-state index contributed by atoms with van der Waals surface area (Å²) in [6.07, 6.45) is 6.06. The Balaban J connectivity index is 1.01. The first-order valence-corrected chi connectivity index (χ1v) is 16.8. The second-order valence-corrected chi connectivity index (χ2v) is 12.9. The van der Waals surface area contributed by atoms with Gasteiger partial charge in [0.1, 0.15) is 0 Å². The minimum Gasteiger partial charge on any atom is -0.492 e. The van der Waals surface area contributed by atoms with Gasteiger partial charge in [0, 0.05) is 48.7 Å². The molecule has 0 saturated carbocycles. The van der Waals surface area contributed by atoms with Gasteiger partial charge < -0.3 is 39.8 Å². The minimum atomic E-state index is -0.533. The lowest BCUT2D eigenvalue weighted by Crippen LogP contribution is -2.36. The van der Waals surface area contributed by atoms with Crippen LogP contribution in [0.25, 0.3) is 11.1 Å². The normalized spacial score (nSPS) is 19.2. The third-order valence-corrected chi connectivity index (χ3v) is 10.1. The number of benzene rings is 2. The van der Waals surface area contributed by atoms with E-state index in [0.29, 0.717) is 53.0 Å². The smallest absolute Gasteiger partial charge is 0.338 e. The van der Waals surface area contributed by atoms with Gasteiger partial charge in [-0.3, -0.25) is 9.59 Å². The highest BCUT2D eigenvalue weighted by atomic mass is 32.2. The van der Waals surface area contributed by atoms with Crippen LogP contribution in [0, 0.1) is 0 Å². The lowest BCUT2D eigenvalue weighted by molar-refractivity contribution is -0.121. The highest BCUT2D eigenvalue weighted by molar-refractivity contribution is 8.00. The average Bonchev–Trinajstić information content (AvgIpc) is 3.79. The van der Waals surface area contributed by atoms with Crippen LogP contribution in [0.5, 0.6) is 17.2 Å². The number of hydrogen-bond donors (Lipinski definition) is 3. The maximum atomic E-state index is 12.9. The van der Waals surface area contributed by atoms with Crippen LogP contribution in [0.15, 0.2) is 30.3 Å². The summed E-state index contributed by atoms with van der Waals surface area (Å²) in [6, 6.07) is 9.24. The Bertz CT molecular complexity index is 1440. The molecule has 2 saturated heterocycles. The summed E-state index contributed by atoms with van der Waals surface area (Å²) in [5.74, 6) is 1.68. The molecule has 0 spiro atoms. The molecule has 2 aromatic rings. The quantitative estimate of drug-likeness (QED) is 0.146. The number of nitrogens with zero attached hydrogens (tertiary/aromatic N) is 1. The maximum absolute atomic E-state index is 12.9. The number of hydrogen-bond acceptors (Lipinski definition) is 9. The molecule has 3 heterocycles. The molecule has 12 nitrogen and oxygen atoms in total. The molecule has 0 aliphatic carbocycles. The van der Waals surface area contributed by atoms with E-state index in [4.69, 9.17) is 18.9 Å². The Morgan fingerprint density at radius 2 is 1.80 bits per heavy atom. The number of nitrogens with one attached hydrogen (secondary N) is 3. The Hall–Kier alpha value is -4.13. The largest absolute Gasteiger partial charge is 0.492 e. The second kappa shape index (κ2) is 15.4. The maximum Gasteiger partial charge on any atom is 0.338 e. The number of esters is 1. The molecule has 3 N–H and O–H groups in total. The Morgan fingerprint density at radius 3 is 2.57 bits per heavy atom. The Labute approximate surface area is 273 Å². The molecule has 2 fully saturated rings. The number of carbonyl (C=O) groups is 4. The molecule has 5 rings (SSSR count). The molecular formula is C33H42N4O8S. The molecule has 3 atom stereocenters. The zero-order valence-electron chi connectivity index (χ0n) is 26.5. The number of rotatable bonds is 15. The number of unbranched alkanes of at least 4 members (excludes halogenated alkanes) is 3. The van der Waals surface area contributed by atoms with Crippen LogP contribution >= 0.6 is 11.8 Å². The van der Waals surface area contributed by atoms with Gasteiger partial charge in [0.2, 0.25) is 24.4 Å². The fraction of sp³-hybridized carbons (Fsp3) is 0.515. The molecule has 248 valence electrons. The van der Waals surface area contributed by atoms with Crippen LogP contribution in [0.3, 0.4) is 0 Å². The van der Waals surface area contributed by atoms with E-state index in [1.807, 2.05) is 36.0 Å². The number of carbonyl (C=O) groups excluding carboxylic acids is 4. The van der Waals surface area contributed by atoms with Crippen LogP contribution < -0.4 is 35.1 Å². The molecule has 3 aliphatic heterocycles. The SMILES string of the molecule is COC(=O)c1cc2c(c(OC)c1-c1ccc(N(C)C(=O)CCCCCNC(=O)CCCC[C@@H]3SC[C@@H]4NC(=O)N[C@@H]43)cc1)OCO2. The van der Waals surface area contributed by atoms with Gasteiger partial charge in [-0.05, 0) is 49.4 Å². The number of methoxy groups -OCH3 is 2. The van der Waals surface area contributed by atoms with Gasteiger partial charge in [-0.1, -0.05) is 25.0 Å². The van der Waals surface area contributed by atoms with Crippen molar-refractivity contribution < 1.29 is 38.1 Å². The second-order valence-electron chi connectivity index (χ2n) is 11.6. The van der Waals surface area contributed by atoms with Crippen LogP contribution in [0.1, 0.15) is 61.7 Å². The minimum absolute atomic E-state index is 0.00704. The number of thioether (sulfide) groups is 1. The van der Waals surface area contributed by atoms with Crippen molar-refractivity contribution in [3.05, 3.63) is 35.9 Å². The summed E-state index contributed by atoms with van der Waals surface area (Å²) in [5.41, 5.74) is 2.22. The third-order valence-electron chi connectivity index (χ3n) is 8.62. The molecule has 0 aromatic heterocycles. The van der Waals surface area contributed by atoms with Crippen molar-refractivity contribution in [3.63, 3.8) is 0 Å². The molecule has 0 unspecified atom stereocenters. The summed E-state index contributed by atoms with van der Waals surface area (Å²) in [5, 5.41) is 9.37. The number of fused-ring (bicyclic) bond motifs is 2. The van der Waals surface area contributed by atoms with E-state index in [1.54, 1.807) is 18.0 Å². The van der Waals surface area contributed by atoms with Crippen LogP contribution in [0.4, 0.5) is 10.5 Å². The molecular weight excluding hydrogens is 612 g/mol. The number of ether oxygens (including phenoxy) is 4. The predicted molar refractivity (Wildman–Crippen MR) is 175 cm³/mol. The summed E-state index contributed by atoms with van der Waals surface area (Å²) < 4.78 is 21.7. The molecule has 3 aliphatic rings. The van der Waals surface area contributed by atoms with Crippen LogP contribution in [-0.2, 0) is 14.3 Å². The van der Waals surface area contributed by atoms with Crippen molar-refractivity contribution in [1.29, 1.82) is 0 Å². The lowest BCUT2D eigenvalue weighted by atomic mass is 9.97. The van der Waals surface area contributed by atoms with Gasteiger partial charge in [-0.2, -0.15) is 11.8 Å². The third kappa shape index (κ3) is 7.63. The Kier molecular flexibility index (Phi) is 11.2. The Morgan fingerprint density at radius 1 is 1.02 bits per heavy atom. The van der Waals surface area contributed by atoms with Crippen molar-refractivity contribution >= 4 is 41.3 Å². The molecule has 0 bridgehead atoms. The highest BCUT2D eigenvalue weighted by Crippen LogP contribution is 2.49. The monoisotopic (exact) mass is 654 g/mol. The first-order chi connectivity index (χ1) is 22.3. The number of urea groups is 1. The van der Waals surface area contributed by atoms with E-state index >= 15 is 0 Å². The van der Waals surface area contributed by atoms with Gasteiger partial charge in [-0.15, -0.1) is 0 Å². The standard InChI is InChI=1S/C33H42N4O8S/c1-37(21-14-12-20(13-15-21)28-22(32(40)43-3)17-24-30(31(28)42-2)45-19-44-24)27(39)11-5-4-8-16-34-26(38)10-7-6-9-25-29-23(18-46-25)35-33(41)36-29/h12-15,17,23,25,29H,4-11,16,18-19H2,1-3H3,(H,34,38)(H2,35,36,41)/t23-,25-,29-/m0/s1. The van der Waals surface area contributed by atoms with E-state index in [2.05, 4.69) is 16.0 Å². The topological polar surface area (TPSA) is 145 Å². The van der Waals surface area contributed by atoms with E-state index < -0.39 is 5.97 Å². The fourth-order valence-electron chi connectivity index (χ4n) is 6.10. The summed E-state index contributed by atoms with van der Waals surface area (Å²) >= 11 is 1.89. The molecule has 2 aromatic carbocycles. The van der Waals surface area contributed by atoms with Crippen molar-refractivity contribution in [2.45, 2.75) is 68.7 Å². The van der Waals surface area contributed by atoms with Crippen molar-refractivity contribution in [3.8, 4) is 28.4 Å². The predicted octanol–water partition coefficient (Wildman–Crippen LogP) is 4.24. The van der Waals surface area contributed by atoms with Crippen LogP contribution in [-0.4, -0.2) is 81.5 Å². The highest BCUT2D eigenvalue weighted by Gasteiger charge is 2.42. The van der Waals surface area contributed by atoms with E-state index in [-0.39, 0.29) is 42.3 Å². The van der Waals surface area contributed by atoms with Gasteiger partial charge in [0.25, 0.3) is 0 Å².